The van der Waals surface area contributed by atoms with Gasteiger partial charge in [0.1, 0.15) is 5.60 Å². The summed E-state index contributed by atoms with van der Waals surface area (Å²) in [4.78, 5) is 17.2. The molecule has 1 N–H and O–H groups in total. The predicted octanol–water partition coefficient (Wildman–Crippen LogP) is 7.81. The first-order valence-electron chi connectivity index (χ1n) is 16.1. The quantitative estimate of drug-likeness (QED) is 0.197. The van der Waals surface area contributed by atoms with E-state index in [4.69, 9.17) is 19.6 Å². The summed E-state index contributed by atoms with van der Waals surface area (Å²) in [5.74, 6) is -1.41. The Bertz CT molecular complexity index is 2280. The summed E-state index contributed by atoms with van der Waals surface area (Å²) in [6.07, 6.45) is 2.90. The molecule has 0 unspecified atom stereocenters. The number of aryl methyl sites for hydroxylation is 3. The summed E-state index contributed by atoms with van der Waals surface area (Å²) in [5, 5.41) is 20.6. The molecule has 0 bridgehead atoms. The smallest absolute Gasteiger partial charge is 0.307 e. The Morgan fingerprint density at radius 2 is 1.81 bits per heavy atom. The summed E-state index contributed by atoms with van der Waals surface area (Å²) in [6, 6.07) is 14.4. The van der Waals surface area contributed by atoms with E-state index in [0.29, 0.717) is 46.9 Å². The molecule has 4 heterocycles. The molecule has 0 saturated heterocycles. The summed E-state index contributed by atoms with van der Waals surface area (Å²) in [5.41, 5.74) is 8.71. The number of fused-ring (bicyclic) bond motifs is 3. The van der Waals surface area contributed by atoms with Crippen molar-refractivity contribution in [2.75, 3.05) is 6.61 Å². The first-order chi connectivity index (χ1) is 22.8. The number of ether oxygens (including phenoxy) is 2. The van der Waals surface area contributed by atoms with Gasteiger partial charge in [-0.2, -0.15) is 14.6 Å². The molecule has 0 fully saturated rings. The lowest BCUT2D eigenvalue weighted by Crippen LogP contribution is -2.25. The average Bonchev–Trinajstić information content (AvgIpc) is 3.58. The molecule has 0 aliphatic carbocycles. The Morgan fingerprint density at radius 3 is 2.56 bits per heavy atom. The molecular formula is C38H38FN5O4. The lowest BCUT2D eigenvalue weighted by Gasteiger charge is -2.29. The van der Waals surface area contributed by atoms with Gasteiger partial charge in [0.15, 0.2) is 17.1 Å². The highest BCUT2D eigenvalue weighted by atomic mass is 19.1. The summed E-state index contributed by atoms with van der Waals surface area (Å²) < 4.78 is 32.3. The van der Waals surface area contributed by atoms with Crippen LogP contribution in [0.4, 0.5) is 4.39 Å². The fourth-order valence-electron chi connectivity index (χ4n) is 6.78. The van der Waals surface area contributed by atoms with Crippen LogP contribution in [-0.2, 0) is 24.7 Å². The lowest BCUT2D eigenvalue weighted by atomic mass is 9.90. The van der Waals surface area contributed by atoms with Gasteiger partial charge in [-0.1, -0.05) is 24.3 Å². The molecule has 1 aliphatic rings. The molecule has 3 aromatic carbocycles. The average molecular weight is 648 g/mol. The fraction of sp³-hybridized carbons (Fsp3) is 0.316. The molecule has 9 nitrogen and oxygen atoms in total. The van der Waals surface area contributed by atoms with Gasteiger partial charge >= 0.3 is 5.97 Å². The fourth-order valence-corrected chi connectivity index (χ4v) is 6.78. The number of benzene rings is 3. The molecule has 7 rings (SSSR count). The molecule has 6 aromatic rings. The number of rotatable bonds is 6. The van der Waals surface area contributed by atoms with Crippen LogP contribution in [0.15, 0.2) is 48.7 Å². The number of hydrogen-bond donors (Lipinski definition) is 1. The second kappa shape index (κ2) is 11.5. The van der Waals surface area contributed by atoms with Crippen LogP contribution < -0.4 is 9.47 Å². The van der Waals surface area contributed by atoms with E-state index in [1.807, 2.05) is 64.7 Å². The van der Waals surface area contributed by atoms with Gasteiger partial charge in [-0.05, 0) is 89.3 Å². The molecule has 48 heavy (non-hydrogen) atoms. The normalized spacial score (nSPS) is 13.2. The van der Waals surface area contributed by atoms with Crippen LogP contribution in [0.5, 0.6) is 11.5 Å². The van der Waals surface area contributed by atoms with E-state index in [2.05, 4.69) is 35.4 Å². The zero-order valence-corrected chi connectivity index (χ0v) is 28.2. The van der Waals surface area contributed by atoms with Gasteiger partial charge in [0.25, 0.3) is 0 Å². The lowest BCUT2D eigenvalue weighted by molar-refractivity contribution is -0.136. The number of halogens is 1. The van der Waals surface area contributed by atoms with Crippen molar-refractivity contribution in [3.8, 4) is 45.1 Å². The SMILES string of the molecule is Cc1nc2c(C)c(-c3cccc(-c4ccc5c(cnn5C)c4)c3)nn2c(-c2c(C)c3c(c(F)c2OC(C)(C)C)OCCC3)c1CC(=O)O. The maximum Gasteiger partial charge on any atom is 0.307 e. The van der Waals surface area contributed by atoms with Gasteiger partial charge in [0.2, 0.25) is 5.82 Å². The third-order valence-electron chi connectivity index (χ3n) is 9.03. The van der Waals surface area contributed by atoms with E-state index >= 15 is 4.39 Å². The van der Waals surface area contributed by atoms with Gasteiger partial charge in [0, 0.05) is 45.9 Å². The second-order valence-corrected chi connectivity index (χ2v) is 13.5. The van der Waals surface area contributed by atoms with Gasteiger partial charge in [-0.3, -0.25) is 9.48 Å². The van der Waals surface area contributed by atoms with Gasteiger partial charge in [-0.15, -0.1) is 0 Å². The van der Waals surface area contributed by atoms with Crippen molar-refractivity contribution >= 4 is 22.5 Å². The largest absolute Gasteiger partial charge is 0.490 e. The standard InChI is InChI=1S/C38H38FN5O4/c1-20-27-12-9-15-47-35(27)32(39)36(48-38(4,5)6)31(20)34-28(18-30(45)46)22(3)41-37-21(2)33(42-44(34)37)25-11-8-10-23(16-25)24-13-14-29-26(17-24)19-40-43(29)7/h8,10-11,13-14,16-17,19H,9,12,15,18H2,1-7H3,(H,45,46). The minimum Gasteiger partial charge on any atom is -0.490 e. The van der Waals surface area contributed by atoms with Crippen LogP contribution in [0, 0.1) is 26.6 Å². The van der Waals surface area contributed by atoms with Crippen molar-refractivity contribution < 1.29 is 23.8 Å². The monoisotopic (exact) mass is 647 g/mol. The van der Waals surface area contributed by atoms with Crippen LogP contribution in [0.3, 0.4) is 0 Å². The number of carbonyl (C=O) groups is 1. The van der Waals surface area contributed by atoms with Crippen molar-refractivity contribution in [3.63, 3.8) is 0 Å². The Kier molecular flexibility index (Phi) is 7.49. The maximum absolute atomic E-state index is 16.5. The topological polar surface area (TPSA) is 104 Å². The number of carboxylic acids is 1. The highest BCUT2D eigenvalue weighted by molar-refractivity contribution is 5.87. The van der Waals surface area contributed by atoms with Crippen molar-refractivity contribution in [3.05, 3.63) is 82.4 Å². The van der Waals surface area contributed by atoms with Crippen LogP contribution >= 0.6 is 0 Å². The predicted molar refractivity (Wildman–Crippen MR) is 183 cm³/mol. The van der Waals surface area contributed by atoms with E-state index < -0.39 is 17.4 Å². The Morgan fingerprint density at radius 1 is 1.06 bits per heavy atom. The Hall–Kier alpha value is -5.25. The number of aliphatic carboxylic acids is 1. The molecule has 0 radical (unpaired) electrons. The van der Waals surface area contributed by atoms with E-state index in [0.717, 1.165) is 50.7 Å². The van der Waals surface area contributed by atoms with E-state index in [1.165, 1.54) is 0 Å². The summed E-state index contributed by atoms with van der Waals surface area (Å²) in [6.45, 7) is 11.6. The minimum absolute atomic E-state index is 0.0154. The Labute approximate surface area is 278 Å². The van der Waals surface area contributed by atoms with Crippen molar-refractivity contribution in [1.82, 2.24) is 24.4 Å². The molecule has 0 atom stereocenters. The van der Waals surface area contributed by atoms with Crippen LogP contribution in [0.1, 0.15) is 55.1 Å². The second-order valence-electron chi connectivity index (χ2n) is 13.5. The molecule has 10 heteroatoms. The van der Waals surface area contributed by atoms with Gasteiger partial charge in [-0.25, -0.2) is 9.50 Å². The summed E-state index contributed by atoms with van der Waals surface area (Å²) >= 11 is 0. The molecule has 1 aliphatic heterocycles. The molecule has 0 amide bonds. The third-order valence-corrected chi connectivity index (χ3v) is 9.03. The highest BCUT2D eigenvalue weighted by Crippen LogP contribution is 2.47. The van der Waals surface area contributed by atoms with Crippen molar-refractivity contribution in [2.45, 2.75) is 66.4 Å². The van der Waals surface area contributed by atoms with Crippen molar-refractivity contribution in [2.24, 2.45) is 7.05 Å². The van der Waals surface area contributed by atoms with Crippen LogP contribution in [0.25, 0.3) is 50.2 Å². The first kappa shape index (κ1) is 31.4. The third kappa shape index (κ3) is 5.25. The summed E-state index contributed by atoms with van der Waals surface area (Å²) in [7, 11) is 1.92. The van der Waals surface area contributed by atoms with Crippen LogP contribution in [0.2, 0.25) is 0 Å². The Balaban J connectivity index is 1.50. The highest BCUT2D eigenvalue weighted by Gasteiger charge is 2.33. The molecule has 0 spiro atoms. The van der Waals surface area contributed by atoms with Crippen LogP contribution in [-0.4, -0.2) is 47.7 Å². The number of hydrogen-bond acceptors (Lipinski definition) is 6. The zero-order valence-electron chi connectivity index (χ0n) is 28.2. The van der Waals surface area contributed by atoms with E-state index in [9.17, 15) is 9.90 Å². The maximum atomic E-state index is 16.5. The molecule has 0 saturated carbocycles. The molecular weight excluding hydrogens is 609 g/mol. The number of aromatic nitrogens is 5. The zero-order chi connectivity index (χ0) is 34.1. The van der Waals surface area contributed by atoms with E-state index in [1.54, 1.807) is 11.4 Å². The first-order valence-corrected chi connectivity index (χ1v) is 16.1. The minimum atomic E-state index is -1.03. The number of nitrogens with zero attached hydrogens (tertiary/aromatic N) is 5. The molecule has 246 valence electrons. The van der Waals surface area contributed by atoms with Gasteiger partial charge < -0.3 is 14.6 Å². The number of carboxylic acid groups (broad SMARTS) is 1. The van der Waals surface area contributed by atoms with Gasteiger partial charge in [0.05, 0.1) is 36.1 Å². The molecule has 3 aromatic heterocycles. The van der Waals surface area contributed by atoms with E-state index in [-0.39, 0.29) is 17.9 Å². The van der Waals surface area contributed by atoms with Crippen molar-refractivity contribution in [1.29, 1.82) is 0 Å².